The van der Waals surface area contributed by atoms with E-state index >= 15 is 0 Å². The topological polar surface area (TPSA) is 17.0 Å². The van der Waals surface area contributed by atoms with E-state index in [2.05, 4.69) is 99.5 Å². The highest BCUT2D eigenvalue weighted by molar-refractivity contribution is 9.10. The lowest BCUT2D eigenvalue weighted by atomic mass is 10.1. The maximum Gasteiger partial charge on any atom is 0.0492 e. The lowest BCUT2D eigenvalue weighted by Crippen LogP contribution is -1.99. The number of benzene rings is 3. The second-order valence-electron chi connectivity index (χ2n) is 5.97. The molecule has 3 aromatic carbocycles. The largest absolute Gasteiger partial charge is 0.381 e. The van der Waals surface area contributed by atoms with Gasteiger partial charge in [-0.3, -0.25) is 0 Å². The van der Waals surface area contributed by atoms with Crippen LogP contribution in [0, 0.1) is 0 Å². The van der Waals surface area contributed by atoms with Gasteiger partial charge in [0.15, 0.2) is 0 Å². The molecule has 0 saturated heterocycles. The molecule has 0 radical (unpaired) electrons. The lowest BCUT2D eigenvalue weighted by molar-refractivity contribution is 0.827. The first kappa shape index (κ1) is 15.3. The number of hydrogen-bond acceptors (Lipinski definition) is 1. The van der Waals surface area contributed by atoms with Crippen molar-refractivity contribution in [3.63, 3.8) is 0 Å². The van der Waals surface area contributed by atoms with Crippen LogP contribution in [0.1, 0.15) is 12.5 Å². The number of halogens is 1. The molecule has 4 aromatic rings. The molecule has 3 heteroatoms. The number of aromatic nitrogens is 1. The molecular formula is C21H19BrN2. The van der Waals surface area contributed by atoms with Crippen LogP contribution >= 0.6 is 15.9 Å². The Kier molecular flexibility index (Phi) is 4.03. The summed E-state index contributed by atoms with van der Waals surface area (Å²) in [7, 11) is 0. The van der Waals surface area contributed by atoms with Crippen LogP contribution in [0.15, 0.2) is 71.2 Å². The van der Waals surface area contributed by atoms with Crippen molar-refractivity contribution in [2.24, 2.45) is 0 Å². The molecule has 0 bridgehead atoms. The Hall–Kier alpha value is -2.26. The zero-order valence-electron chi connectivity index (χ0n) is 13.6. The summed E-state index contributed by atoms with van der Waals surface area (Å²) in [6.45, 7) is 4.01. The second-order valence-corrected chi connectivity index (χ2v) is 6.89. The number of para-hydroxylation sites is 1. The average Bonchev–Trinajstić information content (AvgIpc) is 2.94. The number of nitrogens with zero attached hydrogens (tertiary/aromatic N) is 1. The van der Waals surface area contributed by atoms with Gasteiger partial charge in [-0.2, -0.15) is 0 Å². The minimum absolute atomic E-state index is 0.825. The summed E-state index contributed by atoms with van der Waals surface area (Å²) in [5, 5.41) is 6.17. The van der Waals surface area contributed by atoms with Gasteiger partial charge < -0.3 is 9.88 Å². The summed E-state index contributed by atoms with van der Waals surface area (Å²) in [6.07, 6.45) is 0. The third-order valence-electron chi connectivity index (χ3n) is 4.50. The van der Waals surface area contributed by atoms with E-state index < -0.39 is 0 Å². The summed E-state index contributed by atoms with van der Waals surface area (Å²) >= 11 is 3.48. The van der Waals surface area contributed by atoms with Crippen LogP contribution in [0.4, 0.5) is 5.69 Å². The molecule has 4 rings (SSSR count). The predicted octanol–water partition coefficient (Wildman–Crippen LogP) is 6.19. The Morgan fingerprint density at radius 1 is 0.875 bits per heavy atom. The van der Waals surface area contributed by atoms with Gasteiger partial charge in [-0.25, -0.2) is 0 Å². The van der Waals surface area contributed by atoms with Crippen molar-refractivity contribution < 1.29 is 0 Å². The molecule has 0 aliphatic carbocycles. The molecule has 0 spiro atoms. The normalized spacial score (nSPS) is 11.2. The fourth-order valence-corrected chi connectivity index (χ4v) is 3.58. The van der Waals surface area contributed by atoms with E-state index in [0.717, 1.165) is 23.2 Å². The highest BCUT2D eigenvalue weighted by Gasteiger charge is 2.09. The van der Waals surface area contributed by atoms with Crippen molar-refractivity contribution >= 4 is 43.4 Å². The number of hydrogen-bond donors (Lipinski definition) is 1. The van der Waals surface area contributed by atoms with Gasteiger partial charge in [-0.05, 0) is 48.9 Å². The monoisotopic (exact) mass is 378 g/mol. The molecule has 0 saturated carbocycles. The zero-order chi connectivity index (χ0) is 16.5. The molecule has 1 aromatic heterocycles. The van der Waals surface area contributed by atoms with Crippen LogP contribution in [0.5, 0.6) is 0 Å². The van der Waals surface area contributed by atoms with Crippen molar-refractivity contribution in [3.05, 3.63) is 76.8 Å². The first-order chi connectivity index (χ1) is 11.8. The smallest absolute Gasteiger partial charge is 0.0492 e. The van der Waals surface area contributed by atoms with Gasteiger partial charge in [-0.1, -0.05) is 46.3 Å². The van der Waals surface area contributed by atoms with Crippen LogP contribution < -0.4 is 5.32 Å². The Bertz CT molecular complexity index is 1000. The van der Waals surface area contributed by atoms with E-state index in [-0.39, 0.29) is 0 Å². The molecule has 2 nitrogen and oxygen atoms in total. The molecule has 0 unspecified atom stereocenters. The minimum atomic E-state index is 0.825. The zero-order valence-corrected chi connectivity index (χ0v) is 15.2. The minimum Gasteiger partial charge on any atom is -0.381 e. The summed E-state index contributed by atoms with van der Waals surface area (Å²) in [4.78, 5) is 0. The number of aryl methyl sites for hydroxylation is 1. The van der Waals surface area contributed by atoms with E-state index in [1.165, 1.54) is 27.4 Å². The Labute approximate surface area is 150 Å². The molecule has 1 heterocycles. The summed E-state index contributed by atoms with van der Waals surface area (Å²) in [5.74, 6) is 0. The van der Waals surface area contributed by atoms with Gasteiger partial charge in [-0.15, -0.1) is 0 Å². The van der Waals surface area contributed by atoms with Crippen molar-refractivity contribution in [2.75, 3.05) is 5.32 Å². The third kappa shape index (κ3) is 2.69. The van der Waals surface area contributed by atoms with Crippen molar-refractivity contribution in [2.45, 2.75) is 20.0 Å². The van der Waals surface area contributed by atoms with Crippen molar-refractivity contribution in [1.82, 2.24) is 4.57 Å². The molecular weight excluding hydrogens is 360 g/mol. The van der Waals surface area contributed by atoms with Crippen LogP contribution in [0.2, 0.25) is 0 Å². The van der Waals surface area contributed by atoms with E-state index in [1.54, 1.807) is 0 Å². The standard InChI is InChI=1S/C21H19BrN2/c1-2-24-20-6-4-3-5-18(20)19-13-17(11-12-21(19)24)23-14-15-7-9-16(22)10-8-15/h3-13,23H,2,14H2,1H3. The lowest BCUT2D eigenvalue weighted by Gasteiger charge is -2.08. The Balaban J connectivity index is 1.70. The molecule has 24 heavy (non-hydrogen) atoms. The van der Waals surface area contributed by atoms with Gasteiger partial charge in [0, 0.05) is 45.1 Å². The van der Waals surface area contributed by atoms with Gasteiger partial charge in [0.2, 0.25) is 0 Å². The van der Waals surface area contributed by atoms with Gasteiger partial charge in [0.25, 0.3) is 0 Å². The Morgan fingerprint density at radius 2 is 1.62 bits per heavy atom. The van der Waals surface area contributed by atoms with Crippen molar-refractivity contribution in [3.8, 4) is 0 Å². The molecule has 0 fully saturated rings. The van der Waals surface area contributed by atoms with Gasteiger partial charge in [0.1, 0.15) is 0 Å². The summed E-state index contributed by atoms with van der Waals surface area (Å²) < 4.78 is 3.49. The maximum atomic E-state index is 3.54. The van der Waals surface area contributed by atoms with Crippen LogP contribution in [0.25, 0.3) is 21.8 Å². The fourth-order valence-electron chi connectivity index (χ4n) is 3.31. The maximum absolute atomic E-state index is 3.54. The number of anilines is 1. The van der Waals surface area contributed by atoms with Crippen molar-refractivity contribution in [1.29, 1.82) is 0 Å². The molecule has 0 aliphatic heterocycles. The summed E-state index contributed by atoms with van der Waals surface area (Å²) in [6, 6.07) is 23.7. The predicted molar refractivity (Wildman–Crippen MR) is 107 cm³/mol. The molecule has 120 valence electrons. The van der Waals surface area contributed by atoms with Crippen LogP contribution in [0.3, 0.4) is 0 Å². The fraction of sp³-hybridized carbons (Fsp3) is 0.143. The second kappa shape index (κ2) is 6.33. The highest BCUT2D eigenvalue weighted by atomic mass is 79.9. The van der Waals surface area contributed by atoms with E-state index in [0.29, 0.717) is 0 Å². The van der Waals surface area contributed by atoms with Crippen LogP contribution in [-0.2, 0) is 13.1 Å². The third-order valence-corrected chi connectivity index (χ3v) is 5.03. The average molecular weight is 379 g/mol. The molecule has 0 aliphatic rings. The highest BCUT2D eigenvalue weighted by Crippen LogP contribution is 2.31. The first-order valence-electron chi connectivity index (χ1n) is 8.25. The van der Waals surface area contributed by atoms with E-state index in [4.69, 9.17) is 0 Å². The number of fused-ring (bicyclic) bond motifs is 3. The molecule has 0 atom stereocenters. The molecule has 1 N–H and O–H groups in total. The SMILES string of the molecule is CCn1c2ccccc2c2cc(NCc3ccc(Br)cc3)ccc21. The van der Waals surface area contributed by atoms with Crippen LogP contribution in [-0.4, -0.2) is 4.57 Å². The number of nitrogens with one attached hydrogen (secondary N) is 1. The van der Waals surface area contributed by atoms with Gasteiger partial charge >= 0.3 is 0 Å². The van der Waals surface area contributed by atoms with E-state index in [9.17, 15) is 0 Å². The Morgan fingerprint density at radius 3 is 2.42 bits per heavy atom. The molecule has 0 amide bonds. The number of rotatable bonds is 4. The quantitative estimate of drug-likeness (QED) is 0.447. The summed E-state index contributed by atoms with van der Waals surface area (Å²) in [5.41, 5.74) is 5.03. The van der Waals surface area contributed by atoms with E-state index in [1.807, 2.05) is 0 Å². The first-order valence-corrected chi connectivity index (χ1v) is 9.05. The van der Waals surface area contributed by atoms with Gasteiger partial charge in [0.05, 0.1) is 0 Å².